The zero-order valence-corrected chi connectivity index (χ0v) is 12.3. The van der Waals surface area contributed by atoms with Crippen LogP contribution >= 0.6 is 0 Å². The minimum Gasteiger partial charge on any atom is -0.376 e. The van der Waals surface area contributed by atoms with Crippen LogP contribution in [0.1, 0.15) is 35.8 Å². The van der Waals surface area contributed by atoms with Crippen molar-refractivity contribution in [3.63, 3.8) is 0 Å². The van der Waals surface area contributed by atoms with Crippen molar-refractivity contribution in [1.82, 2.24) is 20.4 Å². The van der Waals surface area contributed by atoms with Gasteiger partial charge in [-0.25, -0.2) is 0 Å². The first-order chi connectivity index (χ1) is 9.70. The second kappa shape index (κ2) is 7.40. The van der Waals surface area contributed by atoms with E-state index in [0.29, 0.717) is 24.8 Å². The molecule has 1 saturated heterocycles. The number of carbonyl (C=O) groups excluding carboxylic acids is 1. The quantitative estimate of drug-likeness (QED) is 0.744. The maximum atomic E-state index is 12.1. The van der Waals surface area contributed by atoms with Crippen LogP contribution in [0.2, 0.25) is 0 Å². The molecular weight excluding hydrogens is 256 g/mol. The Morgan fingerprint density at radius 1 is 1.55 bits per heavy atom. The molecule has 6 heteroatoms. The van der Waals surface area contributed by atoms with Crippen LogP contribution in [-0.4, -0.2) is 48.0 Å². The van der Waals surface area contributed by atoms with Crippen LogP contribution in [0.25, 0.3) is 0 Å². The van der Waals surface area contributed by atoms with Gasteiger partial charge in [0.05, 0.1) is 24.0 Å². The first kappa shape index (κ1) is 15.0. The molecule has 0 radical (unpaired) electrons. The van der Waals surface area contributed by atoms with Gasteiger partial charge in [-0.1, -0.05) is 6.92 Å². The maximum absolute atomic E-state index is 12.1. The van der Waals surface area contributed by atoms with Gasteiger partial charge in [-0.2, -0.15) is 5.10 Å². The van der Waals surface area contributed by atoms with Crippen LogP contribution in [-0.2, 0) is 18.2 Å². The molecule has 1 aliphatic heterocycles. The molecule has 1 aromatic heterocycles. The fourth-order valence-electron chi connectivity index (χ4n) is 2.43. The van der Waals surface area contributed by atoms with E-state index >= 15 is 0 Å². The minimum absolute atomic E-state index is 0.0659. The number of nitrogens with one attached hydrogen (secondary N) is 2. The second-order valence-electron chi connectivity index (χ2n) is 5.09. The average Bonchev–Trinajstić information content (AvgIpc) is 2.86. The zero-order chi connectivity index (χ0) is 14.4. The van der Waals surface area contributed by atoms with Crippen LogP contribution < -0.4 is 10.6 Å². The predicted molar refractivity (Wildman–Crippen MR) is 76.8 cm³/mol. The van der Waals surface area contributed by atoms with Gasteiger partial charge < -0.3 is 15.4 Å². The standard InChI is InChI=1S/C14H24N4O2/c1-3-13-12(10-18(2)17-13)14(19)16-8-9-20-11-4-6-15-7-5-11/h10-11,15H,3-9H2,1-2H3,(H,16,19). The Labute approximate surface area is 119 Å². The molecule has 6 nitrogen and oxygen atoms in total. The molecule has 0 aliphatic carbocycles. The summed E-state index contributed by atoms with van der Waals surface area (Å²) in [5.74, 6) is -0.0659. The topological polar surface area (TPSA) is 68.2 Å². The smallest absolute Gasteiger partial charge is 0.254 e. The highest BCUT2D eigenvalue weighted by Gasteiger charge is 2.15. The van der Waals surface area contributed by atoms with Crippen molar-refractivity contribution >= 4 is 5.91 Å². The van der Waals surface area contributed by atoms with E-state index in [1.807, 2.05) is 14.0 Å². The van der Waals surface area contributed by atoms with Gasteiger partial charge in [-0.05, 0) is 32.4 Å². The summed E-state index contributed by atoms with van der Waals surface area (Å²) in [6.45, 7) is 5.15. The summed E-state index contributed by atoms with van der Waals surface area (Å²) >= 11 is 0. The SMILES string of the molecule is CCc1nn(C)cc1C(=O)NCCOC1CCNCC1. The monoisotopic (exact) mass is 280 g/mol. The number of aryl methyl sites for hydroxylation is 2. The van der Waals surface area contributed by atoms with Gasteiger partial charge in [0, 0.05) is 19.8 Å². The summed E-state index contributed by atoms with van der Waals surface area (Å²) in [4.78, 5) is 12.1. The van der Waals surface area contributed by atoms with Crippen molar-refractivity contribution in [3.8, 4) is 0 Å². The molecule has 2 rings (SSSR count). The molecule has 1 aromatic rings. The zero-order valence-electron chi connectivity index (χ0n) is 12.3. The molecule has 1 amide bonds. The van der Waals surface area contributed by atoms with E-state index in [1.54, 1.807) is 10.9 Å². The van der Waals surface area contributed by atoms with Crippen molar-refractivity contribution < 1.29 is 9.53 Å². The molecule has 1 fully saturated rings. The first-order valence-electron chi connectivity index (χ1n) is 7.33. The van der Waals surface area contributed by atoms with Gasteiger partial charge in [-0.15, -0.1) is 0 Å². The Morgan fingerprint density at radius 3 is 3.00 bits per heavy atom. The van der Waals surface area contributed by atoms with E-state index in [9.17, 15) is 4.79 Å². The van der Waals surface area contributed by atoms with E-state index in [-0.39, 0.29) is 5.91 Å². The lowest BCUT2D eigenvalue weighted by Gasteiger charge is -2.22. The third-order valence-corrected chi connectivity index (χ3v) is 3.51. The van der Waals surface area contributed by atoms with Crippen LogP contribution in [0, 0.1) is 0 Å². The maximum Gasteiger partial charge on any atom is 0.254 e. The molecule has 0 saturated carbocycles. The summed E-state index contributed by atoms with van der Waals surface area (Å²) in [7, 11) is 1.83. The largest absolute Gasteiger partial charge is 0.376 e. The van der Waals surface area contributed by atoms with E-state index in [1.165, 1.54) is 0 Å². The number of nitrogens with zero attached hydrogens (tertiary/aromatic N) is 2. The second-order valence-corrected chi connectivity index (χ2v) is 5.09. The number of ether oxygens (including phenoxy) is 1. The highest BCUT2D eigenvalue weighted by Crippen LogP contribution is 2.08. The third-order valence-electron chi connectivity index (χ3n) is 3.51. The predicted octanol–water partition coefficient (Wildman–Crippen LogP) is 0.481. The van der Waals surface area contributed by atoms with E-state index in [2.05, 4.69) is 15.7 Å². The highest BCUT2D eigenvalue weighted by molar-refractivity contribution is 5.95. The Balaban J connectivity index is 1.71. The summed E-state index contributed by atoms with van der Waals surface area (Å²) in [5, 5.41) is 10.5. The fraction of sp³-hybridized carbons (Fsp3) is 0.714. The summed E-state index contributed by atoms with van der Waals surface area (Å²) in [5.41, 5.74) is 1.50. The molecule has 0 aromatic carbocycles. The lowest BCUT2D eigenvalue weighted by Crippen LogP contribution is -2.34. The van der Waals surface area contributed by atoms with Gasteiger partial charge >= 0.3 is 0 Å². The number of piperidine rings is 1. The number of hydrogen-bond acceptors (Lipinski definition) is 4. The molecule has 2 N–H and O–H groups in total. The molecule has 2 heterocycles. The van der Waals surface area contributed by atoms with E-state index in [4.69, 9.17) is 4.74 Å². The minimum atomic E-state index is -0.0659. The molecule has 1 aliphatic rings. The van der Waals surface area contributed by atoms with Gasteiger partial charge in [0.2, 0.25) is 0 Å². The molecule has 0 bridgehead atoms. The highest BCUT2D eigenvalue weighted by atomic mass is 16.5. The molecule has 0 unspecified atom stereocenters. The molecular formula is C14H24N4O2. The van der Waals surface area contributed by atoms with Crippen LogP contribution in [0.15, 0.2) is 6.20 Å². The van der Waals surface area contributed by atoms with Gasteiger partial charge in [0.15, 0.2) is 0 Å². The van der Waals surface area contributed by atoms with E-state index in [0.717, 1.165) is 38.0 Å². The molecule has 0 atom stereocenters. The number of amides is 1. The fourth-order valence-corrected chi connectivity index (χ4v) is 2.43. The summed E-state index contributed by atoms with van der Waals surface area (Å²) in [6.07, 6.45) is 4.96. The Kier molecular flexibility index (Phi) is 5.55. The summed E-state index contributed by atoms with van der Waals surface area (Å²) < 4.78 is 7.44. The van der Waals surface area contributed by atoms with Crippen LogP contribution in [0.4, 0.5) is 0 Å². The summed E-state index contributed by atoms with van der Waals surface area (Å²) in [6, 6.07) is 0. The van der Waals surface area contributed by atoms with Crippen molar-refractivity contribution in [3.05, 3.63) is 17.5 Å². The average molecular weight is 280 g/mol. The number of rotatable bonds is 6. The Hall–Kier alpha value is -1.40. The molecule has 0 spiro atoms. The van der Waals surface area contributed by atoms with Gasteiger partial charge in [0.1, 0.15) is 0 Å². The lowest BCUT2D eigenvalue weighted by molar-refractivity contribution is 0.0343. The number of aromatic nitrogens is 2. The van der Waals surface area contributed by atoms with Crippen LogP contribution in [0.5, 0.6) is 0 Å². The molecule has 112 valence electrons. The third kappa shape index (κ3) is 4.05. The van der Waals surface area contributed by atoms with Crippen molar-refractivity contribution in [2.45, 2.75) is 32.3 Å². The normalized spacial score (nSPS) is 16.3. The number of hydrogen-bond donors (Lipinski definition) is 2. The van der Waals surface area contributed by atoms with Gasteiger partial charge in [0.25, 0.3) is 5.91 Å². The first-order valence-corrected chi connectivity index (χ1v) is 7.33. The van der Waals surface area contributed by atoms with E-state index < -0.39 is 0 Å². The Bertz CT molecular complexity index is 438. The van der Waals surface area contributed by atoms with Gasteiger partial charge in [-0.3, -0.25) is 9.48 Å². The van der Waals surface area contributed by atoms with Crippen molar-refractivity contribution in [1.29, 1.82) is 0 Å². The Morgan fingerprint density at radius 2 is 2.30 bits per heavy atom. The van der Waals surface area contributed by atoms with Crippen molar-refractivity contribution in [2.24, 2.45) is 7.05 Å². The van der Waals surface area contributed by atoms with Crippen LogP contribution in [0.3, 0.4) is 0 Å². The number of carbonyl (C=O) groups is 1. The molecule has 20 heavy (non-hydrogen) atoms. The van der Waals surface area contributed by atoms with Crippen molar-refractivity contribution in [2.75, 3.05) is 26.2 Å². The lowest BCUT2D eigenvalue weighted by atomic mass is 10.1.